The summed E-state index contributed by atoms with van der Waals surface area (Å²) < 4.78 is 0. The van der Waals surface area contributed by atoms with Crippen molar-refractivity contribution in [1.29, 1.82) is 0 Å². The molecule has 2 N–H and O–H groups in total. The van der Waals surface area contributed by atoms with E-state index in [0.717, 1.165) is 24.5 Å². The Bertz CT molecular complexity index is 353. The number of hydrogen-bond donors (Lipinski definition) is 2. The Labute approximate surface area is 155 Å². The van der Waals surface area contributed by atoms with Crippen LogP contribution in [0.2, 0.25) is 0 Å². The largest absolute Gasteiger partial charge is 0.355 e. The zero-order chi connectivity index (χ0) is 18.4. The summed E-state index contributed by atoms with van der Waals surface area (Å²) >= 11 is 0. The minimum atomic E-state index is 0.116. The average molecular weight is 378 g/mol. The molecule has 0 bridgehead atoms. The van der Waals surface area contributed by atoms with Crippen molar-refractivity contribution in [2.24, 2.45) is 5.92 Å². The van der Waals surface area contributed by atoms with Crippen LogP contribution in [0.3, 0.4) is 0 Å². The highest BCUT2D eigenvalue weighted by atomic mass is 33.1. The molecule has 5 nitrogen and oxygen atoms in total. The van der Waals surface area contributed by atoms with E-state index in [1.165, 1.54) is 0 Å². The lowest BCUT2D eigenvalue weighted by Gasteiger charge is -2.20. The van der Waals surface area contributed by atoms with Gasteiger partial charge in [0.25, 0.3) is 0 Å². The molecule has 2 amide bonds. The first kappa shape index (κ1) is 23.6. The Morgan fingerprint density at radius 3 is 1.88 bits per heavy atom. The fourth-order valence-electron chi connectivity index (χ4n) is 1.71. The number of carbonyl (C=O) groups is 2. The van der Waals surface area contributed by atoms with E-state index < -0.39 is 0 Å². The smallest absolute Gasteiger partial charge is 0.221 e. The summed E-state index contributed by atoms with van der Waals surface area (Å²) in [4.78, 5) is 25.4. The molecule has 0 saturated heterocycles. The molecule has 0 saturated carbocycles. The summed E-state index contributed by atoms with van der Waals surface area (Å²) in [5, 5.41) is 5.88. The first-order chi connectivity index (χ1) is 11.3. The highest BCUT2D eigenvalue weighted by Gasteiger charge is 2.06. The lowest BCUT2D eigenvalue weighted by atomic mass is 10.1. The van der Waals surface area contributed by atoms with Gasteiger partial charge >= 0.3 is 0 Å². The molecule has 0 aromatic heterocycles. The van der Waals surface area contributed by atoms with Crippen LogP contribution in [0.15, 0.2) is 0 Å². The van der Waals surface area contributed by atoms with Gasteiger partial charge in [-0.1, -0.05) is 35.4 Å². The predicted molar refractivity (Wildman–Crippen MR) is 107 cm³/mol. The van der Waals surface area contributed by atoms with Crippen LogP contribution in [0.25, 0.3) is 0 Å². The molecule has 0 aliphatic rings. The SMILES string of the molecule is CC(C)CCC(=O)NCCSSCCNC(=O)CCN(C)C(C)C. The van der Waals surface area contributed by atoms with Gasteiger partial charge in [0, 0.05) is 50.0 Å². The third-order valence-electron chi connectivity index (χ3n) is 3.62. The molecule has 0 atom stereocenters. The molecule has 0 radical (unpaired) electrons. The molecule has 0 aliphatic carbocycles. The second-order valence-electron chi connectivity index (χ2n) is 6.60. The van der Waals surface area contributed by atoms with Gasteiger partial charge in [-0.25, -0.2) is 0 Å². The maximum atomic E-state index is 11.7. The highest BCUT2D eigenvalue weighted by molar-refractivity contribution is 8.76. The maximum absolute atomic E-state index is 11.7. The van der Waals surface area contributed by atoms with Gasteiger partial charge in [0.15, 0.2) is 0 Å². The molecule has 0 rings (SSSR count). The Balaban J connectivity index is 3.39. The van der Waals surface area contributed by atoms with Gasteiger partial charge < -0.3 is 15.5 Å². The predicted octanol–water partition coefficient (Wildman–Crippen LogP) is 2.77. The van der Waals surface area contributed by atoms with Gasteiger partial charge in [-0.05, 0) is 33.2 Å². The zero-order valence-corrected chi connectivity index (χ0v) is 17.5. The molecule has 24 heavy (non-hydrogen) atoms. The van der Waals surface area contributed by atoms with E-state index >= 15 is 0 Å². The van der Waals surface area contributed by atoms with Crippen LogP contribution in [0, 0.1) is 5.92 Å². The third kappa shape index (κ3) is 15.1. The topological polar surface area (TPSA) is 61.4 Å². The minimum Gasteiger partial charge on any atom is -0.355 e. The first-order valence-corrected chi connectivity index (χ1v) is 11.3. The van der Waals surface area contributed by atoms with Crippen LogP contribution < -0.4 is 10.6 Å². The van der Waals surface area contributed by atoms with Crippen LogP contribution in [0.4, 0.5) is 0 Å². The summed E-state index contributed by atoms with van der Waals surface area (Å²) in [6, 6.07) is 0.468. The number of nitrogens with one attached hydrogen (secondary N) is 2. The second-order valence-corrected chi connectivity index (χ2v) is 9.30. The summed E-state index contributed by atoms with van der Waals surface area (Å²) in [7, 11) is 5.50. The molecule has 0 aromatic rings. The normalized spacial score (nSPS) is 11.3. The van der Waals surface area contributed by atoms with Crippen molar-refractivity contribution in [3.05, 3.63) is 0 Å². The van der Waals surface area contributed by atoms with Crippen LogP contribution in [0.1, 0.15) is 47.0 Å². The molecule has 0 aliphatic heterocycles. The van der Waals surface area contributed by atoms with Crippen LogP contribution in [-0.4, -0.2) is 60.9 Å². The summed E-state index contributed by atoms with van der Waals surface area (Å²) in [6.45, 7) is 10.7. The molecule has 0 fully saturated rings. The number of amides is 2. The fraction of sp³-hybridized carbons (Fsp3) is 0.882. The van der Waals surface area contributed by atoms with Crippen LogP contribution in [0.5, 0.6) is 0 Å². The van der Waals surface area contributed by atoms with E-state index in [4.69, 9.17) is 0 Å². The molecular weight excluding hydrogens is 342 g/mol. The van der Waals surface area contributed by atoms with Crippen molar-refractivity contribution in [3.63, 3.8) is 0 Å². The molecule has 142 valence electrons. The Morgan fingerprint density at radius 1 is 0.917 bits per heavy atom. The van der Waals surface area contributed by atoms with Crippen molar-refractivity contribution < 1.29 is 9.59 Å². The number of nitrogens with zero attached hydrogens (tertiary/aromatic N) is 1. The van der Waals surface area contributed by atoms with Crippen LogP contribution in [-0.2, 0) is 9.59 Å². The van der Waals surface area contributed by atoms with E-state index in [1.807, 2.05) is 7.05 Å². The minimum absolute atomic E-state index is 0.116. The summed E-state index contributed by atoms with van der Waals surface area (Å²) in [5.41, 5.74) is 0. The van der Waals surface area contributed by atoms with Gasteiger partial charge in [-0.15, -0.1) is 0 Å². The second kappa shape index (κ2) is 14.9. The monoisotopic (exact) mass is 377 g/mol. The van der Waals surface area contributed by atoms with Crippen molar-refractivity contribution in [1.82, 2.24) is 15.5 Å². The van der Waals surface area contributed by atoms with Crippen molar-refractivity contribution in [2.45, 2.75) is 53.0 Å². The summed E-state index contributed by atoms with van der Waals surface area (Å²) in [5.74, 6) is 2.61. The molecule has 7 heteroatoms. The van der Waals surface area contributed by atoms with Gasteiger partial charge in [0.2, 0.25) is 11.8 Å². The van der Waals surface area contributed by atoms with E-state index in [-0.39, 0.29) is 11.8 Å². The van der Waals surface area contributed by atoms with Crippen molar-refractivity contribution in [3.8, 4) is 0 Å². The van der Waals surface area contributed by atoms with E-state index in [2.05, 4.69) is 43.2 Å². The quantitative estimate of drug-likeness (QED) is 0.360. The van der Waals surface area contributed by atoms with E-state index in [0.29, 0.717) is 37.9 Å². The molecule has 0 unspecified atom stereocenters. The van der Waals surface area contributed by atoms with Crippen molar-refractivity contribution in [2.75, 3.05) is 38.2 Å². The lowest BCUT2D eigenvalue weighted by molar-refractivity contribution is -0.122. The van der Waals surface area contributed by atoms with Crippen LogP contribution >= 0.6 is 21.6 Å². The number of rotatable bonds is 14. The Hall–Kier alpha value is -0.400. The van der Waals surface area contributed by atoms with E-state index in [9.17, 15) is 9.59 Å². The molecular formula is C17H35N3O2S2. The fourth-order valence-corrected chi connectivity index (χ4v) is 3.53. The Kier molecular flexibility index (Phi) is 14.7. The highest BCUT2D eigenvalue weighted by Crippen LogP contribution is 2.19. The van der Waals surface area contributed by atoms with Gasteiger partial charge in [-0.2, -0.15) is 0 Å². The standard InChI is InChI=1S/C17H35N3O2S2/c1-14(2)6-7-16(21)18-9-12-23-24-13-10-19-17(22)8-11-20(5)15(3)4/h14-15H,6-13H2,1-5H3,(H,18,21)(H,19,22). The lowest BCUT2D eigenvalue weighted by Crippen LogP contribution is -2.33. The number of carbonyl (C=O) groups excluding carboxylic acids is 2. The Morgan fingerprint density at radius 2 is 1.42 bits per heavy atom. The molecule has 0 spiro atoms. The van der Waals surface area contributed by atoms with Gasteiger partial charge in [0.05, 0.1) is 0 Å². The van der Waals surface area contributed by atoms with Gasteiger partial charge in [0.1, 0.15) is 0 Å². The first-order valence-electron chi connectivity index (χ1n) is 8.81. The average Bonchev–Trinajstić information content (AvgIpc) is 2.52. The number of hydrogen-bond acceptors (Lipinski definition) is 5. The molecule has 0 aromatic carbocycles. The van der Waals surface area contributed by atoms with Crippen molar-refractivity contribution >= 4 is 33.4 Å². The third-order valence-corrected chi connectivity index (χ3v) is 6.03. The van der Waals surface area contributed by atoms with Gasteiger partial charge in [-0.3, -0.25) is 9.59 Å². The maximum Gasteiger partial charge on any atom is 0.221 e. The van der Waals surface area contributed by atoms with E-state index in [1.54, 1.807) is 21.6 Å². The summed E-state index contributed by atoms with van der Waals surface area (Å²) in [6.07, 6.45) is 2.11. The zero-order valence-electron chi connectivity index (χ0n) is 15.9. The molecule has 0 heterocycles.